The van der Waals surface area contributed by atoms with Gasteiger partial charge in [-0.2, -0.15) is 0 Å². The van der Waals surface area contributed by atoms with Crippen LogP contribution in [0.25, 0.3) is 17.1 Å². The molecule has 0 amide bonds. The van der Waals surface area contributed by atoms with E-state index in [9.17, 15) is 9.90 Å². The molecular formula is C22H23N3O3. The molecule has 2 heterocycles. The van der Waals surface area contributed by atoms with Crippen molar-refractivity contribution in [3.05, 3.63) is 54.5 Å². The Kier molecular flexibility index (Phi) is 5.10. The van der Waals surface area contributed by atoms with E-state index in [0.717, 1.165) is 36.9 Å². The van der Waals surface area contributed by atoms with Crippen molar-refractivity contribution in [2.24, 2.45) is 5.92 Å². The molecule has 3 aromatic rings. The van der Waals surface area contributed by atoms with Gasteiger partial charge < -0.3 is 9.84 Å². The standard InChI is InChI=1S/C22H23N3O3/c1-28-20-12-7-16(13-23-20)22-24-19(21(27)15-5-3-2-4-6-15)14-25(22)17-8-10-18(26)11-9-17/h7-15,26H,2-6H2,1H3. The smallest absolute Gasteiger partial charge is 0.212 e. The fourth-order valence-corrected chi connectivity index (χ4v) is 3.72. The number of phenolic OH excluding ortho intramolecular Hbond substituents is 1. The number of Topliss-reactive ketones (excluding diaryl/α,β-unsaturated/α-hetero) is 1. The maximum absolute atomic E-state index is 13.0. The summed E-state index contributed by atoms with van der Waals surface area (Å²) in [5.74, 6) is 1.51. The number of ketones is 1. The lowest BCUT2D eigenvalue weighted by atomic mass is 9.85. The number of nitrogens with zero attached hydrogens (tertiary/aromatic N) is 3. The first-order valence-electron chi connectivity index (χ1n) is 9.59. The van der Waals surface area contributed by atoms with E-state index >= 15 is 0 Å². The molecule has 1 aliphatic rings. The molecule has 2 aromatic heterocycles. The third-order valence-electron chi connectivity index (χ3n) is 5.27. The Balaban J connectivity index is 1.76. The number of pyridine rings is 1. The summed E-state index contributed by atoms with van der Waals surface area (Å²) in [5.41, 5.74) is 2.08. The maximum Gasteiger partial charge on any atom is 0.212 e. The number of aromatic nitrogens is 3. The lowest BCUT2D eigenvalue weighted by Gasteiger charge is -2.19. The summed E-state index contributed by atoms with van der Waals surface area (Å²) in [6, 6.07) is 10.5. The summed E-state index contributed by atoms with van der Waals surface area (Å²) in [5, 5.41) is 9.61. The lowest BCUT2D eigenvalue weighted by molar-refractivity contribution is 0.0885. The fraction of sp³-hybridized carbons (Fsp3) is 0.318. The van der Waals surface area contributed by atoms with E-state index < -0.39 is 0 Å². The van der Waals surface area contributed by atoms with Gasteiger partial charge in [0.1, 0.15) is 17.3 Å². The van der Waals surface area contributed by atoms with Crippen LogP contribution in [0.1, 0.15) is 42.6 Å². The van der Waals surface area contributed by atoms with Crippen molar-refractivity contribution in [2.45, 2.75) is 32.1 Å². The van der Waals surface area contributed by atoms with Crippen molar-refractivity contribution in [2.75, 3.05) is 7.11 Å². The first-order chi connectivity index (χ1) is 13.7. The number of hydrogen-bond acceptors (Lipinski definition) is 5. The summed E-state index contributed by atoms with van der Waals surface area (Å²) < 4.78 is 7.01. The molecule has 144 valence electrons. The molecule has 1 aliphatic carbocycles. The molecule has 0 bridgehead atoms. The number of phenols is 1. The minimum absolute atomic E-state index is 0.0544. The Hall–Kier alpha value is -3.15. The summed E-state index contributed by atoms with van der Waals surface area (Å²) in [6.45, 7) is 0. The predicted octanol–water partition coefficient (Wildman–Crippen LogP) is 4.41. The highest BCUT2D eigenvalue weighted by Crippen LogP contribution is 2.29. The molecule has 0 radical (unpaired) electrons. The highest BCUT2D eigenvalue weighted by atomic mass is 16.5. The van der Waals surface area contributed by atoms with E-state index in [1.54, 1.807) is 49.8 Å². The van der Waals surface area contributed by atoms with E-state index in [-0.39, 0.29) is 17.5 Å². The zero-order valence-electron chi connectivity index (χ0n) is 15.8. The van der Waals surface area contributed by atoms with Gasteiger partial charge in [-0.25, -0.2) is 9.97 Å². The van der Waals surface area contributed by atoms with Crippen molar-refractivity contribution in [1.82, 2.24) is 14.5 Å². The van der Waals surface area contributed by atoms with Crippen molar-refractivity contribution in [3.8, 4) is 28.7 Å². The van der Waals surface area contributed by atoms with Gasteiger partial charge in [-0.1, -0.05) is 19.3 Å². The second kappa shape index (κ2) is 7.84. The Morgan fingerprint density at radius 2 is 1.86 bits per heavy atom. The number of imidazole rings is 1. The SMILES string of the molecule is COc1ccc(-c2nc(C(=O)C3CCCCC3)cn2-c2ccc(O)cc2)cn1. The largest absolute Gasteiger partial charge is 0.508 e. The van der Waals surface area contributed by atoms with Crippen LogP contribution in [0.15, 0.2) is 48.8 Å². The van der Waals surface area contributed by atoms with Crippen LogP contribution >= 0.6 is 0 Å². The zero-order valence-corrected chi connectivity index (χ0v) is 15.8. The molecule has 0 atom stereocenters. The van der Waals surface area contributed by atoms with E-state index in [0.29, 0.717) is 17.4 Å². The van der Waals surface area contributed by atoms with Crippen LogP contribution in [0.2, 0.25) is 0 Å². The maximum atomic E-state index is 13.0. The van der Waals surface area contributed by atoms with Crippen molar-refractivity contribution >= 4 is 5.78 Å². The van der Waals surface area contributed by atoms with Gasteiger partial charge in [0.05, 0.1) is 7.11 Å². The highest BCUT2D eigenvalue weighted by molar-refractivity contribution is 5.96. The van der Waals surface area contributed by atoms with Crippen LogP contribution in [0, 0.1) is 5.92 Å². The number of methoxy groups -OCH3 is 1. The molecule has 6 heteroatoms. The molecule has 1 N–H and O–H groups in total. The minimum Gasteiger partial charge on any atom is -0.508 e. The molecule has 0 saturated heterocycles. The quantitative estimate of drug-likeness (QED) is 0.667. The molecule has 28 heavy (non-hydrogen) atoms. The number of carbonyl (C=O) groups is 1. The van der Waals surface area contributed by atoms with Gasteiger partial charge in [0.25, 0.3) is 0 Å². The molecular weight excluding hydrogens is 354 g/mol. The predicted molar refractivity (Wildman–Crippen MR) is 106 cm³/mol. The zero-order chi connectivity index (χ0) is 19.5. The molecule has 0 aliphatic heterocycles. The molecule has 6 nitrogen and oxygen atoms in total. The lowest BCUT2D eigenvalue weighted by Crippen LogP contribution is -2.18. The topological polar surface area (TPSA) is 77.2 Å². The van der Waals surface area contributed by atoms with Crippen LogP contribution in [-0.2, 0) is 0 Å². The third-order valence-corrected chi connectivity index (χ3v) is 5.27. The second-order valence-corrected chi connectivity index (χ2v) is 7.12. The van der Waals surface area contributed by atoms with Gasteiger partial charge in [0.15, 0.2) is 5.78 Å². The Bertz CT molecular complexity index is 956. The van der Waals surface area contributed by atoms with Crippen LogP contribution < -0.4 is 4.74 Å². The van der Waals surface area contributed by atoms with Gasteiger partial charge in [0.2, 0.25) is 5.88 Å². The first-order valence-corrected chi connectivity index (χ1v) is 9.59. The Labute approximate surface area is 163 Å². The first kappa shape index (κ1) is 18.2. The highest BCUT2D eigenvalue weighted by Gasteiger charge is 2.26. The van der Waals surface area contributed by atoms with Crippen LogP contribution in [-0.4, -0.2) is 32.5 Å². The van der Waals surface area contributed by atoms with Gasteiger partial charge in [-0.05, 0) is 43.2 Å². The minimum atomic E-state index is 0.0544. The molecule has 4 rings (SSSR count). The van der Waals surface area contributed by atoms with Gasteiger partial charge in [0, 0.05) is 35.6 Å². The fourth-order valence-electron chi connectivity index (χ4n) is 3.72. The Morgan fingerprint density at radius 3 is 2.50 bits per heavy atom. The van der Waals surface area contributed by atoms with Crippen LogP contribution in [0.4, 0.5) is 0 Å². The summed E-state index contributed by atoms with van der Waals surface area (Å²) in [4.78, 5) is 22.0. The van der Waals surface area contributed by atoms with E-state index in [2.05, 4.69) is 9.97 Å². The van der Waals surface area contributed by atoms with Gasteiger partial charge in [-0.3, -0.25) is 9.36 Å². The third kappa shape index (κ3) is 3.63. The number of carbonyl (C=O) groups excluding carboxylic acids is 1. The average Bonchev–Trinajstić information content (AvgIpc) is 3.20. The normalized spacial score (nSPS) is 14.8. The number of ether oxygens (including phenoxy) is 1. The number of benzene rings is 1. The van der Waals surface area contributed by atoms with Crippen molar-refractivity contribution in [1.29, 1.82) is 0 Å². The van der Waals surface area contributed by atoms with Crippen LogP contribution in [0.3, 0.4) is 0 Å². The van der Waals surface area contributed by atoms with Gasteiger partial charge >= 0.3 is 0 Å². The van der Waals surface area contributed by atoms with E-state index in [4.69, 9.17) is 4.74 Å². The van der Waals surface area contributed by atoms with Gasteiger partial charge in [-0.15, -0.1) is 0 Å². The summed E-state index contributed by atoms with van der Waals surface area (Å²) >= 11 is 0. The molecule has 1 aromatic carbocycles. The summed E-state index contributed by atoms with van der Waals surface area (Å²) in [7, 11) is 1.57. The molecule has 1 fully saturated rings. The average molecular weight is 377 g/mol. The summed E-state index contributed by atoms with van der Waals surface area (Å²) in [6.07, 6.45) is 8.76. The van der Waals surface area contributed by atoms with Crippen LogP contribution in [0.5, 0.6) is 11.6 Å². The molecule has 0 unspecified atom stereocenters. The second-order valence-electron chi connectivity index (χ2n) is 7.12. The molecule has 0 spiro atoms. The number of rotatable bonds is 5. The van der Waals surface area contributed by atoms with E-state index in [1.807, 2.05) is 10.6 Å². The monoisotopic (exact) mass is 377 g/mol. The Morgan fingerprint density at radius 1 is 1.11 bits per heavy atom. The van der Waals surface area contributed by atoms with Crippen molar-refractivity contribution in [3.63, 3.8) is 0 Å². The van der Waals surface area contributed by atoms with Crippen molar-refractivity contribution < 1.29 is 14.6 Å². The number of hydrogen-bond donors (Lipinski definition) is 1. The number of aromatic hydroxyl groups is 1. The molecule has 1 saturated carbocycles. The van der Waals surface area contributed by atoms with E-state index in [1.165, 1.54) is 6.42 Å².